The van der Waals surface area contributed by atoms with E-state index in [0.29, 0.717) is 31.9 Å². The lowest BCUT2D eigenvalue weighted by atomic mass is 10.2. The van der Waals surface area contributed by atoms with Crippen molar-refractivity contribution in [3.05, 3.63) is 24.3 Å². The Morgan fingerprint density at radius 1 is 1.23 bits per heavy atom. The number of amides is 1. The Morgan fingerprint density at radius 2 is 1.92 bits per heavy atom. The first kappa shape index (κ1) is 20.4. The topological polar surface area (TPSA) is 128 Å². The van der Waals surface area contributed by atoms with Crippen LogP contribution in [0.15, 0.2) is 24.3 Å². The van der Waals surface area contributed by atoms with Crippen molar-refractivity contribution in [2.24, 2.45) is 0 Å². The van der Waals surface area contributed by atoms with Crippen molar-refractivity contribution in [1.29, 1.82) is 0 Å². The van der Waals surface area contributed by atoms with E-state index in [-0.39, 0.29) is 31.2 Å². The number of nitrogens with zero attached hydrogens (tertiary/aromatic N) is 2. The molecule has 3 N–H and O–H groups in total. The highest BCUT2D eigenvalue weighted by atomic mass is 32.2. The van der Waals surface area contributed by atoms with Crippen molar-refractivity contribution in [3.63, 3.8) is 0 Å². The molecule has 0 aliphatic carbocycles. The Morgan fingerprint density at radius 3 is 2.54 bits per heavy atom. The zero-order valence-corrected chi connectivity index (χ0v) is 15.1. The Hall–Kier alpha value is -1.88. The second kappa shape index (κ2) is 9.17. The SMILES string of the molecule is O=C(CCOc1cccc(O)c1)N1CCN(CC(O)CS(=O)(=O)O)CC1. The molecule has 0 radical (unpaired) electrons. The van der Waals surface area contributed by atoms with Crippen LogP contribution >= 0.6 is 0 Å². The van der Waals surface area contributed by atoms with Crippen LogP contribution in [-0.4, -0.2) is 90.1 Å². The number of piperazine rings is 1. The summed E-state index contributed by atoms with van der Waals surface area (Å²) >= 11 is 0. The number of hydrogen-bond acceptors (Lipinski definition) is 7. The highest BCUT2D eigenvalue weighted by Gasteiger charge is 2.24. The lowest BCUT2D eigenvalue weighted by molar-refractivity contribution is -0.133. The molecule has 10 heteroatoms. The number of carbonyl (C=O) groups is 1. The predicted molar refractivity (Wildman–Crippen MR) is 93.7 cm³/mol. The first-order valence-electron chi connectivity index (χ1n) is 8.28. The van der Waals surface area contributed by atoms with Crippen molar-refractivity contribution in [3.8, 4) is 11.5 Å². The normalized spacial score (nSPS) is 17.1. The summed E-state index contributed by atoms with van der Waals surface area (Å²) in [4.78, 5) is 15.7. The van der Waals surface area contributed by atoms with Crippen LogP contribution in [0, 0.1) is 0 Å². The fraction of sp³-hybridized carbons (Fsp3) is 0.562. The van der Waals surface area contributed by atoms with Crippen molar-refractivity contribution >= 4 is 16.0 Å². The van der Waals surface area contributed by atoms with Crippen LogP contribution in [0.5, 0.6) is 11.5 Å². The molecule has 1 aromatic carbocycles. The number of aromatic hydroxyl groups is 1. The van der Waals surface area contributed by atoms with Gasteiger partial charge in [0, 0.05) is 38.8 Å². The molecule has 1 amide bonds. The molecule has 1 saturated heterocycles. The first-order valence-corrected chi connectivity index (χ1v) is 9.89. The third-order valence-electron chi connectivity index (χ3n) is 4.00. The minimum Gasteiger partial charge on any atom is -0.508 e. The van der Waals surface area contributed by atoms with Crippen molar-refractivity contribution in [2.45, 2.75) is 12.5 Å². The zero-order chi connectivity index (χ0) is 19.2. The van der Waals surface area contributed by atoms with E-state index in [2.05, 4.69) is 0 Å². The van der Waals surface area contributed by atoms with E-state index in [9.17, 15) is 23.4 Å². The van der Waals surface area contributed by atoms with E-state index in [4.69, 9.17) is 9.29 Å². The van der Waals surface area contributed by atoms with Crippen molar-refractivity contribution in [2.75, 3.05) is 45.1 Å². The van der Waals surface area contributed by atoms with E-state index in [1.807, 2.05) is 4.90 Å². The summed E-state index contributed by atoms with van der Waals surface area (Å²) in [6.45, 7) is 2.31. The quantitative estimate of drug-likeness (QED) is 0.511. The van der Waals surface area contributed by atoms with E-state index in [1.165, 1.54) is 12.1 Å². The summed E-state index contributed by atoms with van der Waals surface area (Å²) in [5.74, 6) is -0.154. The van der Waals surface area contributed by atoms with Gasteiger partial charge in [-0.15, -0.1) is 0 Å². The number of phenols is 1. The monoisotopic (exact) mass is 388 g/mol. The molecular formula is C16H24N2O7S. The molecule has 1 aliphatic heterocycles. The highest BCUT2D eigenvalue weighted by molar-refractivity contribution is 7.85. The van der Waals surface area contributed by atoms with Gasteiger partial charge in [0.25, 0.3) is 10.1 Å². The fourth-order valence-electron chi connectivity index (χ4n) is 2.76. The minimum atomic E-state index is -4.21. The summed E-state index contributed by atoms with van der Waals surface area (Å²) in [5.41, 5.74) is 0. The second-order valence-corrected chi connectivity index (χ2v) is 7.68. The molecule has 9 nitrogen and oxygen atoms in total. The highest BCUT2D eigenvalue weighted by Crippen LogP contribution is 2.17. The van der Waals surface area contributed by atoms with Gasteiger partial charge >= 0.3 is 0 Å². The van der Waals surface area contributed by atoms with Crippen LogP contribution in [-0.2, 0) is 14.9 Å². The molecule has 1 fully saturated rings. The predicted octanol–water partition coefficient (Wildman–Crippen LogP) is -0.446. The number of hydrogen-bond donors (Lipinski definition) is 3. The number of phenolic OH excluding ortho intramolecular Hbond substituents is 1. The Kier molecular flexibility index (Phi) is 7.21. The van der Waals surface area contributed by atoms with Gasteiger partial charge in [-0.25, -0.2) is 0 Å². The molecule has 1 atom stereocenters. The third-order valence-corrected chi connectivity index (χ3v) is 4.81. The van der Waals surface area contributed by atoms with Gasteiger partial charge in [0.15, 0.2) is 0 Å². The third kappa shape index (κ3) is 7.16. The molecule has 0 aromatic heterocycles. The summed E-state index contributed by atoms with van der Waals surface area (Å²) in [6, 6.07) is 6.36. The average molecular weight is 388 g/mol. The Labute approximate surface area is 152 Å². The van der Waals surface area contributed by atoms with E-state index < -0.39 is 22.0 Å². The van der Waals surface area contributed by atoms with E-state index >= 15 is 0 Å². The lowest BCUT2D eigenvalue weighted by Gasteiger charge is -2.35. The summed E-state index contributed by atoms with van der Waals surface area (Å²) in [7, 11) is -4.21. The molecule has 0 spiro atoms. The smallest absolute Gasteiger partial charge is 0.267 e. The van der Waals surface area contributed by atoms with Crippen molar-refractivity contribution in [1.82, 2.24) is 9.80 Å². The zero-order valence-electron chi connectivity index (χ0n) is 14.3. The fourth-order valence-corrected chi connectivity index (χ4v) is 3.35. The molecule has 26 heavy (non-hydrogen) atoms. The average Bonchev–Trinajstić information content (AvgIpc) is 2.53. The summed E-state index contributed by atoms with van der Waals surface area (Å²) < 4.78 is 35.7. The van der Waals surface area contributed by atoms with Gasteiger partial charge in [0.05, 0.1) is 19.1 Å². The van der Waals surface area contributed by atoms with Crippen LogP contribution < -0.4 is 4.74 Å². The van der Waals surface area contributed by atoms with E-state index in [1.54, 1.807) is 17.0 Å². The molecule has 0 saturated carbocycles. The van der Waals surface area contributed by atoms with Gasteiger partial charge in [0.2, 0.25) is 5.91 Å². The molecule has 1 heterocycles. The molecule has 1 unspecified atom stereocenters. The number of ether oxygens (including phenoxy) is 1. The second-order valence-electron chi connectivity index (χ2n) is 6.18. The number of rotatable bonds is 8. The maximum atomic E-state index is 12.2. The standard InChI is InChI=1S/C16H24N2O7S/c19-13-2-1-3-15(10-13)25-9-4-16(21)18-7-5-17(6-8-18)11-14(20)12-26(22,23)24/h1-3,10,14,19-20H,4-9,11-12H2,(H,22,23,24). The van der Waals surface area contributed by atoms with Crippen LogP contribution in [0.2, 0.25) is 0 Å². The van der Waals surface area contributed by atoms with Gasteiger partial charge in [0.1, 0.15) is 17.3 Å². The Balaban J connectivity index is 1.67. The maximum Gasteiger partial charge on any atom is 0.267 e. The summed E-state index contributed by atoms with van der Waals surface area (Å²) in [5, 5.41) is 19.0. The van der Waals surface area contributed by atoms with Gasteiger partial charge in [-0.3, -0.25) is 14.2 Å². The minimum absolute atomic E-state index is 0.0525. The number of aliphatic hydroxyl groups is 1. The number of aliphatic hydroxyl groups excluding tert-OH is 1. The van der Waals surface area contributed by atoms with Gasteiger partial charge in [-0.2, -0.15) is 8.42 Å². The summed E-state index contributed by atoms with van der Waals surface area (Å²) in [6.07, 6.45) is -0.955. The molecule has 2 rings (SSSR count). The molecule has 146 valence electrons. The van der Waals surface area contributed by atoms with Crippen LogP contribution in [0.4, 0.5) is 0 Å². The largest absolute Gasteiger partial charge is 0.508 e. The van der Waals surface area contributed by atoms with Crippen LogP contribution in [0.1, 0.15) is 6.42 Å². The molecule has 1 aliphatic rings. The van der Waals surface area contributed by atoms with Crippen molar-refractivity contribution < 1.29 is 32.7 Å². The maximum absolute atomic E-state index is 12.2. The molecule has 0 bridgehead atoms. The number of carbonyl (C=O) groups excluding carboxylic acids is 1. The van der Waals surface area contributed by atoms with Gasteiger partial charge < -0.3 is 19.8 Å². The van der Waals surface area contributed by atoms with Crippen LogP contribution in [0.25, 0.3) is 0 Å². The number of β-amino-alcohol motifs (C(OH)–C–C–N with tert-alkyl or cyclic N) is 1. The van der Waals surface area contributed by atoms with Gasteiger partial charge in [-0.1, -0.05) is 6.07 Å². The number of benzene rings is 1. The van der Waals surface area contributed by atoms with Crippen LogP contribution in [0.3, 0.4) is 0 Å². The van der Waals surface area contributed by atoms with Gasteiger partial charge in [-0.05, 0) is 12.1 Å². The molecular weight excluding hydrogens is 364 g/mol. The lowest BCUT2D eigenvalue weighted by Crippen LogP contribution is -2.51. The van der Waals surface area contributed by atoms with E-state index in [0.717, 1.165) is 0 Å². The molecule has 1 aromatic rings. The Bertz CT molecular complexity index is 702. The first-order chi connectivity index (χ1) is 12.2.